The zero-order chi connectivity index (χ0) is 56.0. The second-order valence-electron chi connectivity index (χ2n) is 4.44. The van der Waals surface area contributed by atoms with Gasteiger partial charge in [-0.05, 0) is 18.4 Å². The largest absolute Gasteiger partial charge is 0.435 e. The van der Waals surface area contributed by atoms with Gasteiger partial charge in [0.2, 0.25) is 34.6 Å². The molecule has 0 amide bonds. The van der Waals surface area contributed by atoms with E-state index in [-0.39, 0.29) is 18.8 Å². The van der Waals surface area contributed by atoms with Crippen LogP contribution in [0, 0.1) is 0 Å². The first-order chi connectivity index (χ1) is 28.8. The number of halogens is 30. The first-order valence-corrected chi connectivity index (χ1v) is 14.9. The van der Waals surface area contributed by atoms with Gasteiger partial charge < -0.3 is 20.1 Å². The molecule has 0 heterocycles. The van der Waals surface area contributed by atoms with E-state index >= 15 is 0 Å². The minimum atomic E-state index is -5.17. The minimum Gasteiger partial charge on any atom is -0.412 e. The van der Waals surface area contributed by atoms with Crippen LogP contribution in [0.2, 0.25) is 0 Å². The van der Waals surface area contributed by atoms with Crippen molar-refractivity contribution in [1.29, 1.82) is 0 Å². The third kappa shape index (κ3) is 2830. The van der Waals surface area contributed by atoms with E-state index in [0.29, 0.717) is 14.4 Å². The SMILES string of the molecule is CCF.CCF.CF.CF.FCC(F)(F)F.FCC(F)(F)F.FCF.FCF.FCF.FCF.FCOCF.FCOCF.FCOF.O.O=S(=O)(O)F.O=S(=O)(O)F.OCF.OF. The van der Waals surface area contributed by atoms with E-state index in [1.54, 1.807) is 0 Å². The minimum absolute atomic E-state index is 0. The van der Waals surface area contributed by atoms with Crippen molar-refractivity contribution in [2.45, 2.75) is 26.2 Å². The van der Waals surface area contributed by atoms with Crippen LogP contribution in [0.15, 0.2) is 0 Å². The molecule has 0 aromatic carbocycles. The summed E-state index contributed by atoms with van der Waals surface area (Å²) in [4.78, 5) is 2.38. The Labute approximate surface area is 345 Å². The summed E-state index contributed by atoms with van der Waals surface area (Å²) in [5, 5.41) is 12.4. The molecular formula is C20H46F30O12S2. The molecule has 44 heteroatoms. The Bertz CT molecular complexity index is 637. The Morgan fingerprint density at radius 3 is 0.500 bits per heavy atom. The molecule has 0 aromatic rings. The van der Waals surface area contributed by atoms with Crippen molar-refractivity contribution in [2.75, 3.05) is 110 Å². The van der Waals surface area contributed by atoms with Crippen LogP contribution < -0.4 is 0 Å². The quantitative estimate of drug-likeness (QED) is 0.116. The summed E-state index contributed by atoms with van der Waals surface area (Å²) in [6.45, 7) is -15.8. The van der Waals surface area contributed by atoms with Crippen LogP contribution in [0.1, 0.15) is 13.8 Å². The summed E-state index contributed by atoms with van der Waals surface area (Å²) >= 11 is 0. The third-order valence-electron chi connectivity index (χ3n) is 0.653. The van der Waals surface area contributed by atoms with Gasteiger partial charge in [-0.15, -0.1) is 0 Å². The monoisotopic (exact) mass is 1110 g/mol. The average molecular weight is 1110 g/mol. The van der Waals surface area contributed by atoms with Crippen LogP contribution in [0.25, 0.3) is 0 Å². The van der Waals surface area contributed by atoms with E-state index in [4.69, 9.17) is 40.9 Å². The van der Waals surface area contributed by atoms with Crippen molar-refractivity contribution < 1.29 is 187 Å². The lowest BCUT2D eigenvalue weighted by Crippen LogP contribution is -2.08. The lowest BCUT2D eigenvalue weighted by atomic mass is 10.8. The number of hydrogen-bond donors (Lipinski definition) is 4. The molecule has 0 radical (unpaired) electrons. The molecule has 0 aromatic heterocycles. The molecule has 0 aliphatic rings. The van der Waals surface area contributed by atoms with Crippen LogP contribution in [-0.4, -0.2) is 164 Å². The van der Waals surface area contributed by atoms with Gasteiger partial charge in [-0.25, -0.2) is 75.6 Å². The summed E-state index contributed by atoms with van der Waals surface area (Å²) in [5.74, 6) is 0. The zero-order valence-corrected chi connectivity index (χ0v) is 33.8. The molecule has 420 valence electrons. The van der Waals surface area contributed by atoms with E-state index < -0.39 is 116 Å². The molecule has 0 atom stereocenters. The van der Waals surface area contributed by atoms with Gasteiger partial charge in [-0.3, -0.25) is 26.7 Å². The molecular weight excluding hydrogens is 1070 g/mol. The van der Waals surface area contributed by atoms with Crippen molar-refractivity contribution in [1.82, 2.24) is 0 Å². The van der Waals surface area contributed by atoms with Crippen LogP contribution in [0.5, 0.6) is 0 Å². The number of hydrogen-bond acceptors (Lipinski definition) is 9. The summed E-state index contributed by atoms with van der Waals surface area (Å²) < 4.78 is 355. The smallest absolute Gasteiger partial charge is 0.412 e. The molecule has 12 nitrogen and oxygen atoms in total. The highest BCUT2D eigenvalue weighted by Crippen LogP contribution is 2.14. The van der Waals surface area contributed by atoms with Crippen molar-refractivity contribution in [3.05, 3.63) is 0 Å². The molecule has 0 saturated heterocycles. The normalized spacial score (nSPS) is 8.09. The highest BCUT2D eigenvalue weighted by molar-refractivity contribution is 7.80. The Morgan fingerprint density at radius 2 is 0.500 bits per heavy atom. The van der Waals surface area contributed by atoms with Crippen molar-refractivity contribution >= 4 is 21.0 Å². The van der Waals surface area contributed by atoms with E-state index in [2.05, 4.69) is 14.4 Å². The molecule has 0 unspecified atom stereocenters. The van der Waals surface area contributed by atoms with Crippen LogP contribution in [-0.2, 0) is 35.4 Å². The standard InChI is InChI=1S/2C2H2F4.2C2H4F2O.2C2H5F.CH2F2O.4CH2F2.CH3FO.2CH3F.2FHO3S.FHO.H2O/c2*3-1-2(4,5)6;2*3-1-5-2-4;2*1-2-3;2-1-4-3;5*2-1-3;2*1-2;2*1-5(2,3)4;1-2;/h2*1H2;2*1-2H2;2*2H2,1H3;1H2;4*1H2;3H,1H2;2*1H3;2*(H,2,3,4);2H;1H2. The van der Waals surface area contributed by atoms with Crippen LogP contribution in [0.3, 0.4) is 0 Å². The predicted molar refractivity (Wildman–Crippen MR) is 164 cm³/mol. The van der Waals surface area contributed by atoms with Gasteiger partial charge >= 0.3 is 33.4 Å². The number of alkyl halides is 26. The van der Waals surface area contributed by atoms with Crippen LogP contribution in [0.4, 0.5) is 131 Å². The summed E-state index contributed by atoms with van der Waals surface area (Å²) in [5.41, 5.74) is 0. The molecule has 0 rings (SSSR count). The van der Waals surface area contributed by atoms with Gasteiger partial charge in [0.1, 0.15) is 0 Å². The van der Waals surface area contributed by atoms with E-state index in [1.807, 2.05) is 0 Å². The molecule has 0 saturated carbocycles. The Balaban J connectivity index is -0.0000000222. The fourth-order valence-electron chi connectivity index (χ4n) is 0.0583. The zero-order valence-electron chi connectivity index (χ0n) is 32.2. The maximum atomic E-state index is 10.5. The van der Waals surface area contributed by atoms with Crippen LogP contribution >= 0.6 is 0 Å². The van der Waals surface area contributed by atoms with Gasteiger partial charge in [-0.1, -0.05) is 12.3 Å². The van der Waals surface area contributed by atoms with Gasteiger partial charge in [-0.2, -0.15) is 48.1 Å². The van der Waals surface area contributed by atoms with E-state index in [0.717, 1.165) is 0 Å². The van der Waals surface area contributed by atoms with Crippen molar-refractivity contribution in [3.63, 3.8) is 0 Å². The van der Waals surface area contributed by atoms with Crippen molar-refractivity contribution in [3.8, 4) is 0 Å². The maximum Gasteiger partial charge on any atom is 0.435 e. The Hall–Kier alpha value is -2.52. The Kier molecular flexibility index (Phi) is 269. The molecule has 0 bridgehead atoms. The third-order valence-corrected chi connectivity index (χ3v) is 0.653. The van der Waals surface area contributed by atoms with E-state index in [1.165, 1.54) is 13.8 Å². The molecule has 0 aliphatic carbocycles. The van der Waals surface area contributed by atoms with Crippen molar-refractivity contribution in [2.24, 2.45) is 0 Å². The number of aliphatic hydroxyl groups excluding tert-OH is 1. The predicted octanol–water partition coefficient (Wildman–Crippen LogP) is 10.7. The fourth-order valence-corrected chi connectivity index (χ4v) is 0.0583. The number of aliphatic hydroxyl groups is 1. The van der Waals surface area contributed by atoms with Gasteiger partial charge in [0, 0.05) is 0 Å². The fraction of sp³-hybridized carbons (Fsp3) is 1.00. The first kappa shape index (κ1) is 119. The lowest BCUT2D eigenvalue weighted by molar-refractivity contribution is -0.167. The molecule has 0 fully saturated rings. The first-order valence-electron chi connectivity index (χ1n) is 12.2. The summed E-state index contributed by atoms with van der Waals surface area (Å²) in [6.07, 6.45) is -9.25. The number of ether oxygens (including phenoxy) is 2. The second kappa shape index (κ2) is 145. The van der Waals surface area contributed by atoms with Gasteiger partial charge in [0.15, 0.2) is 47.7 Å². The molecule has 64 heavy (non-hydrogen) atoms. The van der Waals surface area contributed by atoms with Gasteiger partial charge in [0.05, 0.1) is 27.7 Å². The second-order valence-corrected chi connectivity index (χ2v) is 6.09. The topological polar surface area (TPSA) is 208 Å². The number of rotatable bonds is 5. The Morgan fingerprint density at radius 1 is 0.438 bits per heavy atom. The molecule has 6 N–H and O–H groups in total. The molecule has 0 aliphatic heterocycles. The summed E-state index contributed by atoms with van der Waals surface area (Å²) in [7, 11) is -9.33. The van der Waals surface area contributed by atoms with Gasteiger partial charge in [0.25, 0.3) is 0 Å². The average Bonchev–Trinajstić information content (AvgIpc) is 3.16. The molecule has 0 spiro atoms. The lowest BCUT2D eigenvalue weighted by Gasteiger charge is -1.93. The maximum absolute atomic E-state index is 10.5. The van der Waals surface area contributed by atoms with E-state index in [9.17, 15) is 126 Å². The summed E-state index contributed by atoms with van der Waals surface area (Å²) in [6, 6.07) is 0. The highest BCUT2D eigenvalue weighted by Gasteiger charge is 2.26. The highest BCUT2D eigenvalue weighted by atomic mass is 32.3.